The van der Waals surface area contributed by atoms with Crippen LogP contribution in [0.1, 0.15) is 36.0 Å². The van der Waals surface area contributed by atoms with E-state index in [1.807, 2.05) is 43.0 Å². The zero-order valence-corrected chi connectivity index (χ0v) is 23.7. The van der Waals surface area contributed by atoms with E-state index in [-0.39, 0.29) is 24.4 Å². The molecule has 1 aliphatic heterocycles. The van der Waals surface area contributed by atoms with Crippen molar-refractivity contribution in [3.8, 4) is 0 Å². The molecular formula is C31H33F3O7S. The lowest BCUT2D eigenvalue weighted by Gasteiger charge is -2.21. The zero-order chi connectivity index (χ0) is 30.2. The highest BCUT2D eigenvalue weighted by atomic mass is 32.2. The van der Waals surface area contributed by atoms with E-state index < -0.39 is 15.6 Å². The van der Waals surface area contributed by atoms with Crippen LogP contribution in [0.5, 0.6) is 0 Å². The molecule has 1 saturated carbocycles. The van der Waals surface area contributed by atoms with Crippen molar-refractivity contribution >= 4 is 10.1 Å². The number of rotatable bonds is 11. The van der Waals surface area contributed by atoms with Crippen LogP contribution < -0.4 is 0 Å². The summed E-state index contributed by atoms with van der Waals surface area (Å²) in [5, 5.41) is 0. The maximum absolute atomic E-state index is 10.7. The summed E-state index contributed by atoms with van der Waals surface area (Å²) in [6.07, 6.45) is 0.409. The van der Waals surface area contributed by atoms with E-state index in [0.29, 0.717) is 31.7 Å². The summed E-state index contributed by atoms with van der Waals surface area (Å²) in [6, 6.07) is 31.1. The minimum atomic E-state index is -6.09. The van der Waals surface area contributed by atoms with Gasteiger partial charge >= 0.3 is 5.51 Å². The molecule has 42 heavy (non-hydrogen) atoms. The van der Waals surface area contributed by atoms with Gasteiger partial charge in [-0.15, -0.1) is 0 Å². The fourth-order valence-corrected chi connectivity index (χ4v) is 4.73. The molecule has 1 saturated heterocycles. The van der Waals surface area contributed by atoms with Crippen molar-refractivity contribution in [2.24, 2.45) is 5.92 Å². The third kappa shape index (κ3) is 9.29. The van der Waals surface area contributed by atoms with E-state index in [1.165, 1.54) is 12.0 Å². The molecule has 5 rings (SSSR count). The van der Waals surface area contributed by atoms with Gasteiger partial charge in [0.1, 0.15) is 12.7 Å². The second-order valence-corrected chi connectivity index (χ2v) is 11.6. The van der Waals surface area contributed by atoms with Gasteiger partial charge in [0, 0.05) is 0 Å². The summed E-state index contributed by atoms with van der Waals surface area (Å²) in [4.78, 5) is 0. The molecule has 0 unspecified atom stereocenters. The molecular weight excluding hydrogens is 573 g/mol. The van der Waals surface area contributed by atoms with Crippen LogP contribution in [0.25, 0.3) is 0 Å². The summed E-state index contributed by atoms with van der Waals surface area (Å²) in [5.41, 5.74) is -1.97. The lowest BCUT2D eigenvalue weighted by atomic mass is 10.1. The quantitative estimate of drug-likeness (QED) is 0.151. The smallest absolute Gasteiger partial charge is 0.485 e. The minimum absolute atomic E-state index is 0.0904. The van der Waals surface area contributed by atoms with Crippen LogP contribution in [0.15, 0.2) is 91.0 Å². The van der Waals surface area contributed by atoms with Crippen molar-refractivity contribution in [2.45, 2.75) is 62.4 Å². The first-order valence-corrected chi connectivity index (χ1v) is 14.9. The predicted molar refractivity (Wildman–Crippen MR) is 148 cm³/mol. The summed E-state index contributed by atoms with van der Waals surface area (Å²) >= 11 is 0. The van der Waals surface area contributed by atoms with E-state index in [2.05, 4.69) is 61.5 Å². The van der Waals surface area contributed by atoms with Gasteiger partial charge in [-0.3, -0.25) is 0 Å². The Kier molecular flexibility index (Phi) is 11.0. The Balaban J connectivity index is 0.000000446. The fourth-order valence-electron chi connectivity index (χ4n) is 4.73. The van der Waals surface area contributed by atoms with Gasteiger partial charge in [-0.05, 0) is 41.9 Å². The van der Waals surface area contributed by atoms with Crippen molar-refractivity contribution in [3.05, 3.63) is 114 Å². The summed E-state index contributed by atoms with van der Waals surface area (Å²) in [6.45, 7) is 5.62. The molecule has 0 bridgehead atoms. The van der Waals surface area contributed by atoms with E-state index in [9.17, 15) is 13.2 Å². The second-order valence-electron chi connectivity index (χ2n) is 10.2. The number of ether oxygens (including phenoxy) is 4. The standard InChI is InChI=1S/C30H33O4.CHF3O3S/c1-22-29(32-18-23-11-5-2-6-12-23)30(33-19-24-13-7-3-8-14-24)28(34-22)21-31-20-26-17-27(26)25-15-9-4-10-16-25;2-1(3,4)8(5,6)7/h2-16,21-22,26-30H,17-20H2,1H3;(H,5,6,7)/q+1;/p-1/t22-,26-,27-,28-,29-,30-;/m0./s1. The lowest BCUT2D eigenvalue weighted by molar-refractivity contribution is -0.0796. The third-order valence-electron chi connectivity index (χ3n) is 7.03. The fraction of sp³-hybridized carbons (Fsp3) is 0.387. The van der Waals surface area contributed by atoms with E-state index in [0.717, 1.165) is 11.1 Å². The first-order chi connectivity index (χ1) is 20.0. The molecule has 2 fully saturated rings. The molecule has 0 amide bonds. The van der Waals surface area contributed by atoms with Crippen LogP contribution >= 0.6 is 0 Å². The Bertz CT molecular complexity index is 1320. The van der Waals surface area contributed by atoms with Gasteiger partial charge in [0.05, 0.1) is 19.3 Å². The Morgan fingerprint density at radius 2 is 1.33 bits per heavy atom. The van der Waals surface area contributed by atoms with Crippen LogP contribution in [-0.4, -0.2) is 49.5 Å². The molecule has 3 aromatic carbocycles. The highest BCUT2D eigenvalue weighted by Gasteiger charge is 2.50. The van der Waals surface area contributed by atoms with Crippen molar-refractivity contribution in [3.63, 3.8) is 0 Å². The van der Waals surface area contributed by atoms with Gasteiger partial charge < -0.3 is 18.8 Å². The van der Waals surface area contributed by atoms with Crippen molar-refractivity contribution < 1.29 is 45.1 Å². The zero-order valence-electron chi connectivity index (χ0n) is 22.9. The van der Waals surface area contributed by atoms with E-state index in [4.69, 9.17) is 31.9 Å². The van der Waals surface area contributed by atoms with Gasteiger partial charge in [-0.25, -0.2) is 8.42 Å². The summed E-state index contributed by atoms with van der Waals surface area (Å²) in [5.74, 6) is 1.16. The highest BCUT2D eigenvalue weighted by Crippen LogP contribution is 2.47. The van der Waals surface area contributed by atoms with Crippen LogP contribution in [-0.2, 0) is 42.3 Å². The Labute approximate surface area is 244 Å². The molecule has 3 aromatic rings. The van der Waals surface area contributed by atoms with Crippen LogP contribution in [0, 0.1) is 12.5 Å². The molecule has 0 spiro atoms. The molecule has 6 atom stereocenters. The molecule has 226 valence electrons. The average molecular weight is 607 g/mol. The summed E-state index contributed by atoms with van der Waals surface area (Å²) in [7, 11) is -6.09. The van der Waals surface area contributed by atoms with Gasteiger partial charge in [0.2, 0.25) is 0 Å². The maximum atomic E-state index is 10.7. The Morgan fingerprint density at radius 1 is 0.857 bits per heavy atom. The Morgan fingerprint density at radius 3 is 1.83 bits per heavy atom. The molecule has 1 aliphatic carbocycles. The van der Waals surface area contributed by atoms with Crippen LogP contribution in [0.4, 0.5) is 13.2 Å². The van der Waals surface area contributed by atoms with Crippen molar-refractivity contribution in [1.29, 1.82) is 0 Å². The van der Waals surface area contributed by atoms with Gasteiger partial charge in [0.25, 0.3) is 12.7 Å². The van der Waals surface area contributed by atoms with E-state index in [1.54, 1.807) is 0 Å². The predicted octanol–water partition coefficient (Wildman–Crippen LogP) is 5.98. The van der Waals surface area contributed by atoms with Crippen LogP contribution in [0.3, 0.4) is 0 Å². The topological polar surface area (TPSA) is 94.1 Å². The normalized spacial score (nSPS) is 25.4. The highest BCUT2D eigenvalue weighted by molar-refractivity contribution is 7.86. The number of benzene rings is 3. The van der Waals surface area contributed by atoms with Gasteiger partial charge in [-0.1, -0.05) is 91.0 Å². The van der Waals surface area contributed by atoms with Crippen molar-refractivity contribution in [2.75, 3.05) is 6.61 Å². The monoisotopic (exact) mass is 606 g/mol. The molecule has 0 radical (unpaired) electrons. The number of halogens is 3. The van der Waals surface area contributed by atoms with Gasteiger partial charge in [-0.2, -0.15) is 17.9 Å². The molecule has 1 heterocycles. The molecule has 2 aliphatic rings. The SMILES string of the molecule is C[C@@H]1O[C@@H]([CH+]OC[C@@H]2C[C@H]2c2ccccc2)[C@H](OCc2ccccc2)[C@H]1OCc1ccccc1.O=S(=O)([O-])C(F)(F)F. The first-order valence-electron chi connectivity index (χ1n) is 13.5. The Hall–Kier alpha value is -2.93. The minimum Gasteiger partial charge on any atom is -0.741 e. The number of alkyl halides is 3. The number of hydrogen-bond acceptors (Lipinski definition) is 7. The molecule has 0 N–H and O–H groups in total. The maximum Gasteiger partial charge on any atom is 0.485 e. The molecule has 7 nitrogen and oxygen atoms in total. The average Bonchev–Trinajstić information content (AvgIpc) is 3.68. The largest absolute Gasteiger partial charge is 0.741 e. The van der Waals surface area contributed by atoms with Crippen molar-refractivity contribution in [1.82, 2.24) is 0 Å². The summed E-state index contributed by atoms with van der Waals surface area (Å²) < 4.78 is 83.9. The molecule has 0 aromatic heterocycles. The van der Waals surface area contributed by atoms with E-state index >= 15 is 0 Å². The second kappa shape index (κ2) is 14.5. The molecule has 11 heteroatoms. The first kappa shape index (κ1) is 32.0. The van der Waals surface area contributed by atoms with Crippen LogP contribution in [0.2, 0.25) is 0 Å². The lowest BCUT2D eigenvalue weighted by Crippen LogP contribution is -2.37. The third-order valence-corrected chi connectivity index (χ3v) is 7.59. The van der Waals surface area contributed by atoms with Gasteiger partial charge in [0.15, 0.2) is 16.2 Å². The number of hydrogen-bond donors (Lipinski definition) is 0.